The number of carbonyl (C=O) groups excluding carboxylic acids is 1. The monoisotopic (exact) mass is 370 g/mol. The lowest BCUT2D eigenvalue weighted by atomic mass is 10.1. The van der Waals surface area contributed by atoms with Crippen LogP contribution in [0.1, 0.15) is 31.4 Å². The number of nitro benzene ring substituents is 1. The van der Waals surface area contributed by atoms with Crippen LogP contribution in [-0.2, 0) is 4.79 Å². The summed E-state index contributed by atoms with van der Waals surface area (Å²) in [5.41, 5.74) is 3.26. The van der Waals surface area contributed by atoms with Crippen molar-refractivity contribution in [1.29, 1.82) is 0 Å². The fourth-order valence-electron chi connectivity index (χ4n) is 2.99. The van der Waals surface area contributed by atoms with Crippen LogP contribution in [0.25, 0.3) is 11.3 Å². The fourth-order valence-corrected chi connectivity index (χ4v) is 2.99. The van der Waals surface area contributed by atoms with Crippen LogP contribution in [0.3, 0.4) is 0 Å². The zero-order valence-electron chi connectivity index (χ0n) is 15.0. The van der Waals surface area contributed by atoms with Crippen LogP contribution in [0.15, 0.2) is 45.9 Å². The number of rotatable bonds is 7. The maximum Gasteiger partial charge on any atom is 0.269 e. The minimum atomic E-state index is -0.446. The van der Waals surface area contributed by atoms with Crippen molar-refractivity contribution in [2.45, 2.75) is 25.7 Å². The van der Waals surface area contributed by atoms with Crippen molar-refractivity contribution in [2.24, 2.45) is 5.10 Å². The molecule has 8 heteroatoms. The Morgan fingerprint density at radius 3 is 2.63 bits per heavy atom. The molecule has 0 bridgehead atoms. The van der Waals surface area contributed by atoms with Gasteiger partial charge in [0.1, 0.15) is 11.5 Å². The van der Waals surface area contributed by atoms with Gasteiger partial charge in [0, 0.05) is 30.7 Å². The van der Waals surface area contributed by atoms with Gasteiger partial charge in [-0.1, -0.05) is 6.42 Å². The lowest BCUT2D eigenvalue weighted by Gasteiger charge is -2.25. The SMILES string of the molecule is O=C(CCN1CCCCC1)N/N=C/c1ccc(-c2ccc([N+](=O)[O-])cc2)o1. The number of nitro groups is 1. The van der Waals surface area contributed by atoms with Gasteiger partial charge in [0.25, 0.3) is 5.69 Å². The molecule has 0 spiro atoms. The molecule has 2 heterocycles. The van der Waals surface area contributed by atoms with Gasteiger partial charge in [-0.05, 0) is 50.2 Å². The summed E-state index contributed by atoms with van der Waals surface area (Å²) in [5, 5.41) is 14.6. The molecule has 1 aliphatic heterocycles. The van der Waals surface area contributed by atoms with Crippen LogP contribution in [0.4, 0.5) is 5.69 Å². The van der Waals surface area contributed by atoms with Crippen molar-refractivity contribution in [1.82, 2.24) is 10.3 Å². The van der Waals surface area contributed by atoms with E-state index in [4.69, 9.17) is 4.42 Å². The predicted molar refractivity (Wildman–Crippen MR) is 101 cm³/mol. The quantitative estimate of drug-likeness (QED) is 0.458. The van der Waals surface area contributed by atoms with E-state index < -0.39 is 4.92 Å². The summed E-state index contributed by atoms with van der Waals surface area (Å²) in [6.45, 7) is 2.88. The Morgan fingerprint density at radius 2 is 1.93 bits per heavy atom. The van der Waals surface area contributed by atoms with E-state index in [0.29, 0.717) is 17.9 Å². The van der Waals surface area contributed by atoms with Crippen LogP contribution in [-0.4, -0.2) is 41.6 Å². The smallest absolute Gasteiger partial charge is 0.269 e. The first-order valence-electron chi connectivity index (χ1n) is 9.01. The number of amides is 1. The van der Waals surface area contributed by atoms with Gasteiger partial charge < -0.3 is 9.32 Å². The molecule has 3 rings (SSSR count). The number of non-ortho nitro benzene ring substituents is 1. The average Bonchev–Trinajstić information content (AvgIpc) is 3.16. The van der Waals surface area contributed by atoms with E-state index in [-0.39, 0.29) is 11.6 Å². The Kier molecular flexibility index (Phi) is 6.32. The molecule has 0 unspecified atom stereocenters. The summed E-state index contributed by atoms with van der Waals surface area (Å²) in [6, 6.07) is 9.57. The molecule has 2 aromatic rings. The molecule has 1 N–H and O–H groups in total. The standard InChI is InChI=1S/C19H22N4O4/c24-19(10-13-22-11-2-1-3-12-22)21-20-14-17-8-9-18(27-17)15-4-6-16(7-5-15)23(25)26/h4-9,14H,1-3,10-13H2,(H,21,24)/b20-14+. The Hall–Kier alpha value is -3.00. The van der Waals surface area contributed by atoms with Crippen molar-refractivity contribution >= 4 is 17.8 Å². The third-order valence-corrected chi connectivity index (χ3v) is 4.47. The number of carbonyl (C=O) groups is 1. The van der Waals surface area contributed by atoms with Gasteiger partial charge in [-0.2, -0.15) is 5.10 Å². The Bertz CT molecular complexity index is 807. The summed E-state index contributed by atoms with van der Waals surface area (Å²) in [7, 11) is 0. The Morgan fingerprint density at radius 1 is 1.19 bits per heavy atom. The van der Waals surface area contributed by atoms with Gasteiger partial charge in [0.2, 0.25) is 5.91 Å². The van der Waals surface area contributed by atoms with Crippen LogP contribution in [0.5, 0.6) is 0 Å². The maximum absolute atomic E-state index is 11.9. The lowest BCUT2D eigenvalue weighted by Crippen LogP contribution is -2.33. The van der Waals surface area contributed by atoms with Gasteiger partial charge in [-0.25, -0.2) is 5.43 Å². The van der Waals surface area contributed by atoms with Gasteiger partial charge >= 0.3 is 0 Å². The van der Waals surface area contributed by atoms with E-state index >= 15 is 0 Å². The molecule has 1 aromatic carbocycles. The van der Waals surface area contributed by atoms with E-state index in [1.807, 2.05) is 0 Å². The second kappa shape index (κ2) is 9.09. The highest BCUT2D eigenvalue weighted by molar-refractivity contribution is 5.81. The average molecular weight is 370 g/mol. The highest BCUT2D eigenvalue weighted by Crippen LogP contribution is 2.23. The van der Waals surface area contributed by atoms with E-state index in [0.717, 1.165) is 25.2 Å². The topological polar surface area (TPSA) is 101 Å². The van der Waals surface area contributed by atoms with Crippen LogP contribution in [0, 0.1) is 10.1 Å². The van der Waals surface area contributed by atoms with Gasteiger partial charge in [0.05, 0.1) is 11.1 Å². The molecule has 142 valence electrons. The van der Waals surface area contributed by atoms with Crippen molar-refractivity contribution in [3.05, 3.63) is 52.3 Å². The number of hydrogen-bond acceptors (Lipinski definition) is 6. The van der Waals surface area contributed by atoms with Crippen LogP contribution in [0.2, 0.25) is 0 Å². The van der Waals surface area contributed by atoms with Crippen molar-refractivity contribution in [3.8, 4) is 11.3 Å². The highest BCUT2D eigenvalue weighted by atomic mass is 16.6. The first-order chi connectivity index (χ1) is 13.1. The lowest BCUT2D eigenvalue weighted by molar-refractivity contribution is -0.384. The summed E-state index contributed by atoms with van der Waals surface area (Å²) in [4.78, 5) is 24.4. The third-order valence-electron chi connectivity index (χ3n) is 4.47. The van der Waals surface area contributed by atoms with Crippen molar-refractivity contribution in [2.75, 3.05) is 19.6 Å². The molecule has 0 aliphatic carbocycles. The molecule has 0 radical (unpaired) electrons. The summed E-state index contributed by atoms with van der Waals surface area (Å²) in [6.07, 6.45) is 5.54. The molecule has 1 saturated heterocycles. The number of piperidine rings is 1. The number of nitrogens with one attached hydrogen (secondary N) is 1. The van der Waals surface area contributed by atoms with Crippen LogP contribution >= 0.6 is 0 Å². The molecular weight excluding hydrogens is 348 g/mol. The second-order valence-corrected chi connectivity index (χ2v) is 6.45. The molecule has 27 heavy (non-hydrogen) atoms. The molecule has 1 amide bonds. The first-order valence-corrected chi connectivity index (χ1v) is 9.01. The van der Waals surface area contributed by atoms with Gasteiger partial charge in [-0.15, -0.1) is 0 Å². The third kappa shape index (κ3) is 5.49. The number of hydrazone groups is 1. The highest BCUT2D eigenvalue weighted by Gasteiger charge is 2.11. The maximum atomic E-state index is 11.9. The zero-order valence-corrected chi connectivity index (χ0v) is 15.0. The minimum absolute atomic E-state index is 0.0272. The first kappa shape index (κ1) is 18.8. The van der Waals surface area contributed by atoms with E-state index in [1.54, 1.807) is 24.3 Å². The minimum Gasteiger partial charge on any atom is -0.455 e. The Labute approximate surface area is 157 Å². The second-order valence-electron chi connectivity index (χ2n) is 6.45. The molecule has 0 saturated carbocycles. The normalized spacial score (nSPS) is 15.1. The zero-order chi connectivity index (χ0) is 19.1. The Balaban J connectivity index is 1.48. The summed E-state index contributed by atoms with van der Waals surface area (Å²) in [5.74, 6) is 0.932. The molecule has 8 nitrogen and oxygen atoms in total. The van der Waals surface area contributed by atoms with Gasteiger partial charge in [0.15, 0.2) is 0 Å². The largest absolute Gasteiger partial charge is 0.455 e. The number of likely N-dealkylation sites (tertiary alicyclic amines) is 1. The number of benzene rings is 1. The van der Waals surface area contributed by atoms with E-state index in [9.17, 15) is 14.9 Å². The van der Waals surface area contributed by atoms with Gasteiger partial charge in [-0.3, -0.25) is 14.9 Å². The van der Waals surface area contributed by atoms with E-state index in [1.165, 1.54) is 37.6 Å². The number of furan rings is 1. The summed E-state index contributed by atoms with van der Waals surface area (Å²) >= 11 is 0. The number of nitrogens with zero attached hydrogens (tertiary/aromatic N) is 3. The number of hydrogen-bond donors (Lipinski definition) is 1. The van der Waals surface area contributed by atoms with E-state index in [2.05, 4.69) is 15.4 Å². The molecule has 1 fully saturated rings. The fraction of sp³-hybridized carbons (Fsp3) is 0.368. The molecule has 1 aliphatic rings. The molecule has 0 atom stereocenters. The molecular formula is C19H22N4O4. The van der Waals surface area contributed by atoms with Crippen molar-refractivity contribution < 1.29 is 14.1 Å². The van der Waals surface area contributed by atoms with Crippen LogP contribution < -0.4 is 5.43 Å². The van der Waals surface area contributed by atoms with Crippen molar-refractivity contribution in [3.63, 3.8) is 0 Å². The predicted octanol–water partition coefficient (Wildman–Crippen LogP) is 3.18. The summed E-state index contributed by atoms with van der Waals surface area (Å²) < 4.78 is 5.63. The molecule has 1 aromatic heterocycles.